The predicted octanol–water partition coefficient (Wildman–Crippen LogP) is 2.38. The highest BCUT2D eigenvalue weighted by Gasteiger charge is 2.11. The summed E-state index contributed by atoms with van der Waals surface area (Å²) in [6.07, 6.45) is 4.71. The first-order chi connectivity index (χ1) is 8.33. The SMILES string of the molecule is CCN(CCCO)Cc1ccc2c(c1)CCC2. The molecule has 0 amide bonds. The zero-order chi connectivity index (χ0) is 12.1. The van der Waals surface area contributed by atoms with Crippen LogP contribution in [0.1, 0.15) is 36.5 Å². The molecule has 1 aliphatic carbocycles. The number of benzene rings is 1. The number of nitrogens with zero attached hydrogens (tertiary/aromatic N) is 1. The molecule has 0 spiro atoms. The molecule has 0 bridgehead atoms. The molecule has 0 radical (unpaired) electrons. The van der Waals surface area contributed by atoms with Gasteiger partial charge in [-0.15, -0.1) is 0 Å². The summed E-state index contributed by atoms with van der Waals surface area (Å²) in [5.74, 6) is 0. The van der Waals surface area contributed by atoms with Gasteiger partial charge < -0.3 is 5.11 Å². The lowest BCUT2D eigenvalue weighted by Crippen LogP contribution is -2.24. The first-order valence-electron chi connectivity index (χ1n) is 6.77. The second-order valence-corrected chi connectivity index (χ2v) is 4.90. The second kappa shape index (κ2) is 6.18. The molecular formula is C15H23NO. The molecule has 2 heteroatoms. The van der Waals surface area contributed by atoms with E-state index in [4.69, 9.17) is 5.11 Å². The Bertz CT molecular complexity index is 362. The van der Waals surface area contributed by atoms with Crippen LogP contribution in [-0.2, 0) is 19.4 Å². The minimum Gasteiger partial charge on any atom is -0.396 e. The highest BCUT2D eigenvalue weighted by molar-refractivity contribution is 5.35. The van der Waals surface area contributed by atoms with Crippen molar-refractivity contribution in [3.63, 3.8) is 0 Å². The molecule has 1 aromatic carbocycles. The minimum absolute atomic E-state index is 0.292. The van der Waals surface area contributed by atoms with Crippen LogP contribution in [0.4, 0.5) is 0 Å². The Labute approximate surface area is 104 Å². The standard InChI is InChI=1S/C15H23NO/c1-2-16(9-4-10-17)12-13-7-8-14-5-3-6-15(14)11-13/h7-8,11,17H,2-6,9-10,12H2,1H3. The van der Waals surface area contributed by atoms with Crippen molar-refractivity contribution in [1.82, 2.24) is 4.90 Å². The van der Waals surface area contributed by atoms with Crippen molar-refractivity contribution >= 4 is 0 Å². The molecule has 0 atom stereocenters. The molecule has 1 aliphatic rings. The van der Waals surface area contributed by atoms with Crippen LogP contribution >= 0.6 is 0 Å². The van der Waals surface area contributed by atoms with Crippen LogP contribution in [0.3, 0.4) is 0 Å². The van der Waals surface area contributed by atoms with E-state index >= 15 is 0 Å². The van der Waals surface area contributed by atoms with E-state index in [0.717, 1.165) is 26.1 Å². The van der Waals surface area contributed by atoms with Crippen LogP contribution in [0, 0.1) is 0 Å². The molecule has 2 nitrogen and oxygen atoms in total. The Morgan fingerprint density at radius 3 is 2.82 bits per heavy atom. The maximum absolute atomic E-state index is 8.88. The molecule has 0 aromatic heterocycles. The van der Waals surface area contributed by atoms with Crippen molar-refractivity contribution in [1.29, 1.82) is 0 Å². The molecule has 1 N–H and O–H groups in total. The van der Waals surface area contributed by atoms with E-state index in [1.54, 1.807) is 11.1 Å². The van der Waals surface area contributed by atoms with E-state index in [2.05, 4.69) is 30.0 Å². The summed E-state index contributed by atoms with van der Waals surface area (Å²) >= 11 is 0. The molecule has 1 aromatic rings. The van der Waals surface area contributed by atoms with Gasteiger partial charge in [0.15, 0.2) is 0 Å². The van der Waals surface area contributed by atoms with Crippen LogP contribution in [0.25, 0.3) is 0 Å². The highest BCUT2D eigenvalue weighted by atomic mass is 16.3. The summed E-state index contributed by atoms with van der Waals surface area (Å²) in [6.45, 7) is 5.54. The van der Waals surface area contributed by atoms with Crippen molar-refractivity contribution in [3.05, 3.63) is 34.9 Å². The summed E-state index contributed by atoms with van der Waals surface area (Å²) < 4.78 is 0. The Morgan fingerprint density at radius 1 is 1.24 bits per heavy atom. The fraction of sp³-hybridized carbons (Fsp3) is 0.600. The number of fused-ring (bicyclic) bond motifs is 1. The van der Waals surface area contributed by atoms with Crippen LogP contribution in [0.15, 0.2) is 18.2 Å². The number of hydrogen-bond donors (Lipinski definition) is 1. The fourth-order valence-corrected chi connectivity index (χ4v) is 2.63. The van der Waals surface area contributed by atoms with E-state index < -0.39 is 0 Å². The Balaban J connectivity index is 1.97. The summed E-state index contributed by atoms with van der Waals surface area (Å²) in [7, 11) is 0. The van der Waals surface area contributed by atoms with Gasteiger partial charge in [0.25, 0.3) is 0 Å². The quantitative estimate of drug-likeness (QED) is 0.815. The lowest BCUT2D eigenvalue weighted by Gasteiger charge is -2.20. The minimum atomic E-state index is 0.292. The van der Waals surface area contributed by atoms with Crippen molar-refractivity contribution in [2.75, 3.05) is 19.7 Å². The van der Waals surface area contributed by atoms with Gasteiger partial charge >= 0.3 is 0 Å². The van der Waals surface area contributed by atoms with Gasteiger partial charge in [0.05, 0.1) is 0 Å². The summed E-state index contributed by atoms with van der Waals surface area (Å²) in [5, 5.41) is 8.88. The molecule has 0 heterocycles. The van der Waals surface area contributed by atoms with Crippen molar-refractivity contribution < 1.29 is 5.11 Å². The largest absolute Gasteiger partial charge is 0.396 e. The zero-order valence-corrected chi connectivity index (χ0v) is 10.8. The number of rotatable bonds is 6. The van der Waals surface area contributed by atoms with Crippen molar-refractivity contribution in [3.8, 4) is 0 Å². The van der Waals surface area contributed by atoms with E-state index in [9.17, 15) is 0 Å². The fourth-order valence-electron chi connectivity index (χ4n) is 2.63. The number of aliphatic hydroxyl groups is 1. The molecule has 94 valence electrons. The number of aliphatic hydroxyl groups excluding tert-OH is 1. The molecule has 17 heavy (non-hydrogen) atoms. The average molecular weight is 233 g/mol. The summed E-state index contributed by atoms with van der Waals surface area (Å²) in [5.41, 5.74) is 4.53. The Kier molecular flexibility index (Phi) is 4.57. The smallest absolute Gasteiger partial charge is 0.0443 e. The maximum Gasteiger partial charge on any atom is 0.0443 e. The predicted molar refractivity (Wildman–Crippen MR) is 71.1 cm³/mol. The first kappa shape index (κ1) is 12.6. The Morgan fingerprint density at radius 2 is 2.06 bits per heavy atom. The average Bonchev–Trinajstić information content (AvgIpc) is 2.81. The van der Waals surface area contributed by atoms with Crippen LogP contribution in [0.2, 0.25) is 0 Å². The van der Waals surface area contributed by atoms with Crippen molar-refractivity contribution in [2.24, 2.45) is 0 Å². The topological polar surface area (TPSA) is 23.5 Å². The molecule has 0 saturated heterocycles. The molecule has 2 rings (SSSR count). The van der Waals surface area contributed by atoms with Crippen LogP contribution in [-0.4, -0.2) is 29.7 Å². The van der Waals surface area contributed by atoms with Crippen LogP contribution in [0.5, 0.6) is 0 Å². The van der Waals surface area contributed by atoms with Gasteiger partial charge in [-0.05, 0) is 48.9 Å². The first-order valence-corrected chi connectivity index (χ1v) is 6.77. The van der Waals surface area contributed by atoms with Gasteiger partial charge in [-0.25, -0.2) is 0 Å². The third-order valence-corrected chi connectivity index (χ3v) is 3.65. The van der Waals surface area contributed by atoms with Gasteiger partial charge in [0.2, 0.25) is 0 Å². The van der Waals surface area contributed by atoms with Gasteiger partial charge in [-0.1, -0.05) is 25.1 Å². The monoisotopic (exact) mass is 233 g/mol. The maximum atomic E-state index is 8.88. The van der Waals surface area contributed by atoms with Gasteiger partial charge in [-0.2, -0.15) is 0 Å². The number of aryl methyl sites for hydroxylation is 2. The molecule has 0 saturated carbocycles. The Hall–Kier alpha value is -0.860. The third kappa shape index (κ3) is 3.30. The van der Waals surface area contributed by atoms with Gasteiger partial charge in [-0.3, -0.25) is 4.90 Å². The summed E-state index contributed by atoms with van der Waals surface area (Å²) in [4.78, 5) is 2.40. The number of hydrogen-bond acceptors (Lipinski definition) is 2. The van der Waals surface area contributed by atoms with Crippen LogP contribution < -0.4 is 0 Å². The lowest BCUT2D eigenvalue weighted by atomic mass is 10.1. The third-order valence-electron chi connectivity index (χ3n) is 3.65. The van der Waals surface area contributed by atoms with Crippen molar-refractivity contribution in [2.45, 2.75) is 39.2 Å². The second-order valence-electron chi connectivity index (χ2n) is 4.90. The zero-order valence-electron chi connectivity index (χ0n) is 10.8. The van der Waals surface area contributed by atoms with E-state index in [1.807, 2.05) is 0 Å². The van der Waals surface area contributed by atoms with E-state index in [-0.39, 0.29) is 0 Å². The molecule has 0 unspecified atom stereocenters. The molecule has 0 fully saturated rings. The lowest BCUT2D eigenvalue weighted by molar-refractivity contribution is 0.225. The van der Waals surface area contributed by atoms with E-state index in [0.29, 0.717) is 6.61 Å². The van der Waals surface area contributed by atoms with Gasteiger partial charge in [0, 0.05) is 19.7 Å². The normalized spacial score (nSPS) is 14.3. The van der Waals surface area contributed by atoms with E-state index in [1.165, 1.54) is 24.8 Å². The van der Waals surface area contributed by atoms with Gasteiger partial charge in [0.1, 0.15) is 0 Å². The molecule has 0 aliphatic heterocycles. The molecular weight excluding hydrogens is 210 g/mol. The summed E-state index contributed by atoms with van der Waals surface area (Å²) in [6, 6.07) is 6.95. The highest BCUT2D eigenvalue weighted by Crippen LogP contribution is 2.23.